The Morgan fingerprint density at radius 1 is 1.15 bits per heavy atom. The largest absolute Gasteiger partial charge is 0.476 e. The summed E-state index contributed by atoms with van der Waals surface area (Å²) in [5, 5.41) is 10.2. The van der Waals surface area contributed by atoms with E-state index in [-0.39, 0.29) is 5.56 Å². The van der Waals surface area contributed by atoms with Gasteiger partial charge in [0.05, 0.1) is 22.2 Å². The molecule has 1 saturated heterocycles. The third kappa shape index (κ3) is 1.92. The first-order chi connectivity index (χ1) is 12.7. The lowest BCUT2D eigenvalue weighted by Gasteiger charge is -2.07. The Kier molecular flexibility index (Phi) is 3.09. The van der Waals surface area contributed by atoms with E-state index >= 15 is 0 Å². The van der Waals surface area contributed by atoms with Crippen LogP contribution in [-0.4, -0.2) is 43.5 Å². The second-order valence-corrected chi connectivity index (χ2v) is 6.65. The van der Waals surface area contributed by atoms with E-state index in [9.17, 15) is 14.7 Å². The molecular weight excluding hydrogens is 330 g/mol. The highest BCUT2D eigenvalue weighted by Gasteiger charge is 2.42. The molecule has 0 saturated carbocycles. The van der Waals surface area contributed by atoms with Crippen molar-refractivity contribution < 1.29 is 14.5 Å². The first-order valence-electron chi connectivity index (χ1n) is 8.65. The maximum absolute atomic E-state index is 13.1. The number of carboxylic acid groups (broad SMARTS) is 1. The molecule has 5 rings (SSSR count). The van der Waals surface area contributed by atoms with Crippen molar-refractivity contribution >= 4 is 22.6 Å². The van der Waals surface area contributed by atoms with Gasteiger partial charge in [0.25, 0.3) is 11.3 Å². The zero-order valence-electron chi connectivity index (χ0n) is 13.9. The van der Waals surface area contributed by atoms with Crippen molar-refractivity contribution in [1.82, 2.24) is 9.55 Å². The Balaban J connectivity index is 1.93. The van der Waals surface area contributed by atoms with Crippen LogP contribution >= 0.6 is 0 Å². The summed E-state index contributed by atoms with van der Waals surface area (Å²) in [7, 11) is 0. The van der Waals surface area contributed by atoms with Crippen LogP contribution in [0.2, 0.25) is 0 Å². The standard InChI is InChI=1S/C20H15N3O3/c24-19-12-6-1-3-8-14(12)21-18-17(22-11-5-10-16(22)20(25)26)13-7-2-4-9-15(13)23(18)19/h1-4,6-9,16H,5,10-11H2/p+1/t16-/m0/s1. The average molecular weight is 346 g/mol. The predicted molar refractivity (Wildman–Crippen MR) is 96.3 cm³/mol. The third-order valence-electron chi connectivity index (χ3n) is 5.21. The molecule has 3 aromatic rings. The predicted octanol–water partition coefficient (Wildman–Crippen LogP) is 1.80. The SMILES string of the molecule is O=C(O)[C@@H]1CCC[N+]1=C1c2ccccc2-n2c1nc1ccccc1c2=O. The monoisotopic (exact) mass is 346 g/mol. The molecule has 0 amide bonds. The van der Waals surface area contributed by atoms with E-state index in [0.717, 1.165) is 23.4 Å². The van der Waals surface area contributed by atoms with Crippen LogP contribution in [0.25, 0.3) is 16.6 Å². The van der Waals surface area contributed by atoms with E-state index in [2.05, 4.69) is 0 Å². The van der Waals surface area contributed by atoms with Crippen LogP contribution in [0, 0.1) is 0 Å². The molecule has 1 N–H and O–H groups in total. The normalized spacial score (nSPS) is 21.0. The summed E-state index contributed by atoms with van der Waals surface area (Å²) in [4.78, 5) is 29.6. The molecule has 2 aliphatic rings. The van der Waals surface area contributed by atoms with Crippen LogP contribution in [0.3, 0.4) is 0 Å². The Morgan fingerprint density at radius 3 is 2.77 bits per heavy atom. The third-order valence-corrected chi connectivity index (χ3v) is 5.21. The van der Waals surface area contributed by atoms with E-state index in [1.54, 1.807) is 10.6 Å². The quantitative estimate of drug-likeness (QED) is 0.533. The molecule has 0 unspecified atom stereocenters. The van der Waals surface area contributed by atoms with Crippen LogP contribution in [0.1, 0.15) is 24.2 Å². The average Bonchev–Trinajstić information content (AvgIpc) is 3.24. The fraction of sp³-hybridized carbons (Fsp3) is 0.200. The fourth-order valence-corrected chi connectivity index (χ4v) is 4.08. The second-order valence-electron chi connectivity index (χ2n) is 6.65. The Hall–Kier alpha value is -3.28. The van der Waals surface area contributed by atoms with Crippen LogP contribution in [0.15, 0.2) is 53.3 Å². The van der Waals surface area contributed by atoms with Gasteiger partial charge in [0.1, 0.15) is 6.54 Å². The number of carboxylic acids is 1. The van der Waals surface area contributed by atoms with Gasteiger partial charge >= 0.3 is 5.97 Å². The molecule has 0 bridgehead atoms. The molecule has 2 aromatic carbocycles. The number of hydrogen-bond donors (Lipinski definition) is 1. The van der Waals surface area contributed by atoms with Crippen molar-refractivity contribution in [3.05, 3.63) is 70.3 Å². The van der Waals surface area contributed by atoms with Gasteiger partial charge in [0.15, 0.2) is 0 Å². The van der Waals surface area contributed by atoms with Crippen molar-refractivity contribution in [2.75, 3.05) is 6.54 Å². The van der Waals surface area contributed by atoms with Gasteiger partial charge in [-0.1, -0.05) is 24.3 Å². The van der Waals surface area contributed by atoms with E-state index in [1.165, 1.54) is 0 Å². The molecule has 6 nitrogen and oxygen atoms in total. The minimum atomic E-state index is -0.839. The van der Waals surface area contributed by atoms with Gasteiger partial charge in [-0.05, 0) is 24.3 Å². The lowest BCUT2D eigenvalue weighted by Crippen LogP contribution is -2.34. The Labute approximate surface area is 148 Å². The smallest absolute Gasteiger partial charge is 0.372 e. The summed E-state index contributed by atoms with van der Waals surface area (Å²) in [5.41, 5.74) is 2.87. The molecule has 6 heteroatoms. The molecule has 2 aliphatic heterocycles. The Bertz CT molecular complexity index is 1180. The van der Waals surface area contributed by atoms with Gasteiger partial charge in [-0.25, -0.2) is 14.4 Å². The van der Waals surface area contributed by atoms with Crippen molar-refractivity contribution in [2.24, 2.45) is 0 Å². The number of hydrogen-bond acceptors (Lipinski definition) is 3. The minimum Gasteiger partial charge on any atom is -0.476 e. The van der Waals surface area contributed by atoms with E-state index in [4.69, 9.17) is 4.98 Å². The molecule has 1 aromatic heterocycles. The highest BCUT2D eigenvalue weighted by atomic mass is 16.4. The molecular formula is C20H16N3O3+. The maximum Gasteiger partial charge on any atom is 0.372 e. The summed E-state index contributed by atoms with van der Waals surface area (Å²) in [6.07, 6.45) is 1.40. The molecule has 0 radical (unpaired) electrons. The maximum atomic E-state index is 13.1. The lowest BCUT2D eigenvalue weighted by atomic mass is 10.1. The number of benzene rings is 2. The van der Waals surface area contributed by atoms with Gasteiger partial charge in [-0.15, -0.1) is 0 Å². The second kappa shape index (κ2) is 5.36. The number of carbonyl (C=O) groups is 1. The zero-order valence-corrected chi connectivity index (χ0v) is 13.9. The lowest BCUT2D eigenvalue weighted by molar-refractivity contribution is -0.531. The Morgan fingerprint density at radius 2 is 1.92 bits per heavy atom. The van der Waals surface area contributed by atoms with Gasteiger partial charge in [-0.3, -0.25) is 9.36 Å². The van der Waals surface area contributed by atoms with Crippen molar-refractivity contribution in [2.45, 2.75) is 18.9 Å². The van der Waals surface area contributed by atoms with E-state index < -0.39 is 12.0 Å². The van der Waals surface area contributed by atoms with Gasteiger partial charge in [0.2, 0.25) is 11.9 Å². The molecule has 1 atom stereocenters. The number of rotatable bonds is 1. The van der Waals surface area contributed by atoms with Crippen LogP contribution < -0.4 is 5.56 Å². The molecule has 128 valence electrons. The van der Waals surface area contributed by atoms with Crippen molar-refractivity contribution in [3.8, 4) is 5.69 Å². The first-order valence-corrected chi connectivity index (χ1v) is 8.65. The number of fused-ring (bicyclic) bond motifs is 4. The van der Waals surface area contributed by atoms with E-state index in [1.807, 2.05) is 47.0 Å². The minimum absolute atomic E-state index is 0.126. The molecule has 1 fully saturated rings. The van der Waals surface area contributed by atoms with Crippen LogP contribution in [-0.2, 0) is 4.79 Å². The van der Waals surface area contributed by atoms with Crippen molar-refractivity contribution in [1.29, 1.82) is 0 Å². The van der Waals surface area contributed by atoms with E-state index in [0.29, 0.717) is 29.7 Å². The van der Waals surface area contributed by atoms with Crippen LogP contribution in [0.4, 0.5) is 0 Å². The summed E-state index contributed by atoms with van der Waals surface area (Å²) in [6.45, 7) is 0.642. The first kappa shape index (κ1) is 15.0. The number of nitrogens with zero attached hydrogens (tertiary/aromatic N) is 3. The topological polar surface area (TPSA) is 75.2 Å². The fourth-order valence-electron chi connectivity index (χ4n) is 4.08. The van der Waals surface area contributed by atoms with Gasteiger partial charge < -0.3 is 5.11 Å². The highest BCUT2D eigenvalue weighted by Crippen LogP contribution is 2.28. The zero-order chi connectivity index (χ0) is 17.8. The van der Waals surface area contributed by atoms with Gasteiger partial charge in [0, 0.05) is 12.8 Å². The molecule has 0 aliphatic carbocycles. The van der Waals surface area contributed by atoms with Gasteiger partial charge in [-0.2, -0.15) is 0 Å². The van der Waals surface area contributed by atoms with Crippen LogP contribution in [0.5, 0.6) is 0 Å². The molecule has 0 spiro atoms. The number of aliphatic carboxylic acids is 1. The molecule has 3 heterocycles. The number of para-hydroxylation sites is 2. The summed E-state index contributed by atoms with van der Waals surface area (Å²) in [5.74, 6) is -0.308. The molecule has 26 heavy (non-hydrogen) atoms. The number of aromatic nitrogens is 2. The highest BCUT2D eigenvalue weighted by molar-refractivity contribution is 6.14. The summed E-state index contributed by atoms with van der Waals surface area (Å²) >= 11 is 0. The van der Waals surface area contributed by atoms with Crippen molar-refractivity contribution in [3.63, 3.8) is 0 Å². The summed E-state index contributed by atoms with van der Waals surface area (Å²) in [6, 6.07) is 14.3. The summed E-state index contributed by atoms with van der Waals surface area (Å²) < 4.78 is 3.51.